The Bertz CT molecular complexity index is 1000. The molecule has 0 amide bonds. The van der Waals surface area contributed by atoms with E-state index in [9.17, 15) is 14.4 Å². The van der Waals surface area contributed by atoms with Crippen molar-refractivity contribution in [1.29, 1.82) is 0 Å². The van der Waals surface area contributed by atoms with Crippen molar-refractivity contribution in [3.8, 4) is 0 Å². The van der Waals surface area contributed by atoms with Crippen molar-refractivity contribution in [3.05, 3.63) is 57.9 Å². The highest BCUT2D eigenvalue weighted by molar-refractivity contribution is 6.24. The minimum absolute atomic E-state index is 0.0777. The van der Waals surface area contributed by atoms with E-state index in [0.717, 1.165) is 10.9 Å². The van der Waals surface area contributed by atoms with Crippen molar-refractivity contribution in [2.24, 2.45) is 0 Å². The number of fused-ring (bicyclic) bond motifs is 1. The molecule has 1 aliphatic carbocycles. The van der Waals surface area contributed by atoms with E-state index in [1.165, 1.54) is 0 Å². The van der Waals surface area contributed by atoms with Gasteiger partial charge in [-0.25, -0.2) is 4.79 Å². The van der Waals surface area contributed by atoms with Gasteiger partial charge in [-0.15, -0.1) is 0 Å². The highest BCUT2D eigenvalue weighted by atomic mass is 16.5. The summed E-state index contributed by atoms with van der Waals surface area (Å²) in [5, 5.41) is 0.752. The summed E-state index contributed by atoms with van der Waals surface area (Å²) >= 11 is 0. The summed E-state index contributed by atoms with van der Waals surface area (Å²) in [5.74, 6) is -0.522. The second-order valence-corrected chi connectivity index (χ2v) is 6.39. The Morgan fingerprint density at radius 3 is 2.38 bits per heavy atom. The summed E-state index contributed by atoms with van der Waals surface area (Å²) in [7, 11) is 0. The van der Waals surface area contributed by atoms with Crippen LogP contribution in [-0.2, 0) is 20.7 Å². The lowest BCUT2D eigenvalue weighted by Crippen LogP contribution is -2.21. The zero-order valence-electron chi connectivity index (χ0n) is 15.3. The number of benzene rings is 1. The zero-order chi connectivity index (χ0) is 19.0. The van der Waals surface area contributed by atoms with Crippen molar-refractivity contribution in [1.82, 2.24) is 0 Å². The highest BCUT2D eigenvalue weighted by Crippen LogP contribution is 2.28. The van der Waals surface area contributed by atoms with Gasteiger partial charge in [-0.1, -0.05) is 6.07 Å². The molecule has 1 aliphatic rings. The summed E-state index contributed by atoms with van der Waals surface area (Å²) in [6, 6.07) is 7.08. The van der Waals surface area contributed by atoms with Crippen LogP contribution in [0.3, 0.4) is 0 Å². The Balaban J connectivity index is 1.93. The number of esters is 1. The van der Waals surface area contributed by atoms with E-state index in [1.807, 2.05) is 12.1 Å². The molecule has 2 aromatic rings. The van der Waals surface area contributed by atoms with Crippen LogP contribution in [0.15, 0.2) is 51.0 Å². The molecule has 0 N–H and O–H groups in total. The molecule has 0 atom stereocenters. The second kappa shape index (κ2) is 6.75. The SMILES string of the molecule is CCOC(=O)c1cc2cc(CC3=C(C)C(=O)C(C)=C(C)C3=O)ccc2o1. The largest absolute Gasteiger partial charge is 0.460 e. The Hall–Kier alpha value is -2.95. The van der Waals surface area contributed by atoms with Gasteiger partial charge in [0.25, 0.3) is 0 Å². The third-order valence-electron chi connectivity index (χ3n) is 4.75. The van der Waals surface area contributed by atoms with Gasteiger partial charge < -0.3 is 9.15 Å². The number of carbonyl (C=O) groups is 3. The highest BCUT2D eigenvalue weighted by Gasteiger charge is 2.27. The number of allylic oxidation sites excluding steroid dienone is 4. The minimum Gasteiger partial charge on any atom is -0.460 e. The van der Waals surface area contributed by atoms with Crippen molar-refractivity contribution in [2.75, 3.05) is 6.61 Å². The first kappa shape index (κ1) is 17.9. The molecule has 3 rings (SSSR count). The summed E-state index contributed by atoms with van der Waals surface area (Å²) in [6.45, 7) is 7.07. The summed E-state index contributed by atoms with van der Waals surface area (Å²) in [4.78, 5) is 36.7. The van der Waals surface area contributed by atoms with Gasteiger partial charge in [-0.3, -0.25) is 9.59 Å². The van der Waals surface area contributed by atoms with Crippen molar-refractivity contribution >= 4 is 28.5 Å². The molecular weight excluding hydrogens is 332 g/mol. The molecule has 0 saturated carbocycles. The minimum atomic E-state index is -0.506. The molecule has 0 saturated heterocycles. The zero-order valence-corrected chi connectivity index (χ0v) is 15.3. The van der Waals surface area contributed by atoms with Gasteiger partial charge in [0.2, 0.25) is 5.76 Å². The molecule has 26 heavy (non-hydrogen) atoms. The third kappa shape index (κ3) is 3.01. The van der Waals surface area contributed by atoms with E-state index in [1.54, 1.807) is 39.8 Å². The number of rotatable bonds is 4. The van der Waals surface area contributed by atoms with Crippen molar-refractivity contribution in [2.45, 2.75) is 34.1 Å². The summed E-state index contributed by atoms with van der Waals surface area (Å²) in [6.07, 6.45) is 0.358. The van der Waals surface area contributed by atoms with E-state index in [4.69, 9.17) is 9.15 Å². The second-order valence-electron chi connectivity index (χ2n) is 6.39. The average molecular weight is 352 g/mol. The van der Waals surface area contributed by atoms with Gasteiger partial charge >= 0.3 is 5.97 Å². The van der Waals surface area contributed by atoms with Gasteiger partial charge in [0, 0.05) is 34.1 Å². The van der Waals surface area contributed by atoms with Crippen molar-refractivity contribution in [3.63, 3.8) is 0 Å². The lowest BCUT2D eigenvalue weighted by atomic mass is 9.83. The molecule has 1 heterocycles. The Labute approximate surface area is 151 Å². The number of carbonyl (C=O) groups excluding carboxylic acids is 3. The first-order chi connectivity index (χ1) is 12.3. The predicted molar refractivity (Wildman–Crippen MR) is 97.0 cm³/mol. The van der Waals surface area contributed by atoms with E-state index >= 15 is 0 Å². The molecule has 0 bridgehead atoms. The van der Waals surface area contributed by atoms with Gasteiger partial charge in [-0.2, -0.15) is 0 Å². The standard InChI is InChI=1S/C21H20O5/c1-5-25-21(24)18-10-15-8-14(6-7-17(15)26-18)9-16-13(4)19(22)11(2)12(3)20(16)23/h6-8,10H,5,9H2,1-4H3. The van der Waals surface area contributed by atoms with Crippen LogP contribution in [-0.4, -0.2) is 24.1 Å². The van der Waals surface area contributed by atoms with Crippen LogP contribution in [0.4, 0.5) is 0 Å². The number of hydrogen-bond donors (Lipinski definition) is 0. The molecule has 1 aromatic carbocycles. The lowest BCUT2D eigenvalue weighted by molar-refractivity contribution is -0.116. The molecule has 5 heteroatoms. The molecule has 0 unspecified atom stereocenters. The van der Waals surface area contributed by atoms with E-state index in [0.29, 0.717) is 34.3 Å². The maximum Gasteiger partial charge on any atom is 0.374 e. The molecule has 0 spiro atoms. The first-order valence-corrected chi connectivity index (χ1v) is 8.49. The van der Waals surface area contributed by atoms with Crippen LogP contribution in [0.25, 0.3) is 11.0 Å². The maximum absolute atomic E-state index is 12.6. The summed E-state index contributed by atoms with van der Waals surface area (Å²) in [5.41, 5.74) is 3.48. The van der Waals surface area contributed by atoms with E-state index < -0.39 is 5.97 Å². The molecular formula is C21H20O5. The molecule has 0 fully saturated rings. The van der Waals surface area contributed by atoms with Crippen LogP contribution in [0.1, 0.15) is 43.8 Å². The molecule has 0 radical (unpaired) electrons. The maximum atomic E-state index is 12.6. The lowest BCUT2D eigenvalue weighted by Gasteiger charge is -2.18. The Kier molecular flexibility index (Phi) is 4.64. The molecule has 1 aromatic heterocycles. The third-order valence-corrected chi connectivity index (χ3v) is 4.75. The van der Waals surface area contributed by atoms with Crippen LogP contribution in [0.5, 0.6) is 0 Å². The number of ether oxygens (including phenoxy) is 1. The predicted octanol–water partition coefficient (Wildman–Crippen LogP) is 3.96. The van der Waals surface area contributed by atoms with Gasteiger partial charge in [-0.05, 0) is 51.5 Å². The fourth-order valence-electron chi connectivity index (χ4n) is 3.08. The number of hydrogen-bond acceptors (Lipinski definition) is 5. The van der Waals surface area contributed by atoms with E-state index in [-0.39, 0.29) is 23.9 Å². The Morgan fingerprint density at radius 1 is 1.00 bits per heavy atom. The van der Waals surface area contributed by atoms with Crippen LogP contribution < -0.4 is 0 Å². The van der Waals surface area contributed by atoms with E-state index in [2.05, 4.69) is 0 Å². The molecule has 0 aliphatic heterocycles. The van der Waals surface area contributed by atoms with Crippen LogP contribution >= 0.6 is 0 Å². The average Bonchev–Trinajstić information content (AvgIpc) is 3.05. The quantitative estimate of drug-likeness (QED) is 0.615. The Morgan fingerprint density at radius 2 is 1.69 bits per heavy atom. The molecule has 134 valence electrons. The molecule has 5 nitrogen and oxygen atoms in total. The van der Waals surface area contributed by atoms with Gasteiger partial charge in [0.05, 0.1) is 6.61 Å². The smallest absolute Gasteiger partial charge is 0.374 e. The number of furan rings is 1. The van der Waals surface area contributed by atoms with Gasteiger partial charge in [0.1, 0.15) is 5.58 Å². The monoisotopic (exact) mass is 352 g/mol. The first-order valence-electron chi connectivity index (χ1n) is 8.49. The number of Topliss-reactive ketones (excluding diaryl/α,β-unsaturated/α-hetero) is 2. The summed E-state index contributed by atoms with van der Waals surface area (Å²) < 4.78 is 10.4. The number of ketones is 2. The van der Waals surface area contributed by atoms with Crippen LogP contribution in [0, 0.1) is 0 Å². The van der Waals surface area contributed by atoms with Crippen molar-refractivity contribution < 1.29 is 23.5 Å². The fraction of sp³-hybridized carbons (Fsp3) is 0.286. The van der Waals surface area contributed by atoms with Gasteiger partial charge in [0.15, 0.2) is 11.6 Å². The topological polar surface area (TPSA) is 73.6 Å². The van der Waals surface area contributed by atoms with Crippen LogP contribution in [0.2, 0.25) is 0 Å². The normalized spacial score (nSPS) is 15.2. The fourth-order valence-corrected chi connectivity index (χ4v) is 3.08.